The molecule has 1 N–H and O–H groups in total. The minimum absolute atomic E-state index is 0.00361. The van der Waals surface area contributed by atoms with Gasteiger partial charge in [0.2, 0.25) is 0 Å². The molecule has 0 amide bonds. The molecule has 0 bridgehead atoms. The average molecular weight is 665 g/mol. The van der Waals surface area contributed by atoms with Gasteiger partial charge >= 0.3 is 12.0 Å². The van der Waals surface area contributed by atoms with E-state index in [4.69, 9.17) is 14.5 Å². The molecule has 4 aliphatic heterocycles. The van der Waals surface area contributed by atoms with Gasteiger partial charge < -0.3 is 19.5 Å². The van der Waals surface area contributed by atoms with Crippen LogP contribution in [-0.2, 0) is 16.0 Å². The third-order valence-corrected chi connectivity index (χ3v) is 10.8. The summed E-state index contributed by atoms with van der Waals surface area (Å²) in [5.74, 6) is -2.74. The summed E-state index contributed by atoms with van der Waals surface area (Å²) < 4.78 is 74.8. The first kappa shape index (κ1) is 31.1. The van der Waals surface area contributed by atoms with Crippen molar-refractivity contribution in [3.8, 4) is 22.9 Å². The number of aromatic nitrogens is 2. The van der Waals surface area contributed by atoms with E-state index in [9.17, 15) is 14.3 Å². The third kappa shape index (κ3) is 5.02. The molecule has 0 saturated carbocycles. The Morgan fingerprint density at radius 3 is 2.69 bits per heavy atom. The van der Waals surface area contributed by atoms with Gasteiger partial charge in [-0.05, 0) is 91.2 Å². The Kier molecular flexibility index (Phi) is 7.43. The third-order valence-electron chi connectivity index (χ3n) is 10.8. The van der Waals surface area contributed by atoms with Crippen LogP contribution in [0.15, 0.2) is 30.3 Å². The monoisotopic (exact) mass is 664 g/mol. The summed E-state index contributed by atoms with van der Waals surface area (Å²) in [6, 6.07) is 6.43. The van der Waals surface area contributed by atoms with Gasteiger partial charge in [0.05, 0.1) is 17.6 Å². The van der Waals surface area contributed by atoms with Crippen LogP contribution in [0.1, 0.15) is 57.4 Å². The Morgan fingerprint density at radius 1 is 1.06 bits per heavy atom. The predicted octanol–water partition coefficient (Wildman–Crippen LogP) is 6.77. The van der Waals surface area contributed by atoms with Crippen LogP contribution in [0.25, 0.3) is 32.8 Å². The maximum absolute atomic E-state index is 17.0. The van der Waals surface area contributed by atoms with Crippen LogP contribution >= 0.6 is 0 Å². The van der Waals surface area contributed by atoms with Crippen LogP contribution in [0.4, 0.5) is 23.4 Å². The highest BCUT2D eigenvalue weighted by Gasteiger charge is 2.49. The zero-order valence-corrected chi connectivity index (χ0v) is 26.6. The number of carbonyl (C=O) groups excluding carboxylic acids is 1. The molecule has 1 aromatic heterocycles. The summed E-state index contributed by atoms with van der Waals surface area (Å²) in [6.07, 6.45) is 3.41. The Balaban J connectivity index is 1.29. The van der Waals surface area contributed by atoms with E-state index in [0.717, 1.165) is 25.5 Å². The van der Waals surface area contributed by atoms with Crippen LogP contribution in [0.2, 0.25) is 0 Å². The molecular weight excluding hydrogens is 628 g/mol. The number of benzene rings is 3. The number of rotatable bonds is 6. The first-order chi connectivity index (χ1) is 23.1. The number of aryl methyl sites for hydroxylation is 1. The topological polar surface area (TPSA) is 88.0 Å². The lowest BCUT2D eigenvalue weighted by Gasteiger charge is -2.40. The van der Waals surface area contributed by atoms with E-state index in [1.54, 1.807) is 6.92 Å². The molecule has 8 nitrogen and oxygen atoms in total. The number of esters is 1. The van der Waals surface area contributed by atoms with E-state index in [2.05, 4.69) is 9.88 Å². The van der Waals surface area contributed by atoms with Crippen molar-refractivity contribution in [3.63, 3.8) is 0 Å². The van der Waals surface area contributed by atoms with Crippen molar-refractivity contribution in [3.05, 3.63) is 53.3 Å². The van der Waals surface area contributed by atoms with E-state index < -0.39 is 40.3 Å². The number of nitrogens with zero attached hydrogens (tertiary/aromatic N) is 4. The van der Waals surface area contributed by atoms with E-state index in [0.29, 0.717) is 56.0 Å². The van der Waals surface area contributed by atoms with E-state index in [1.165, 1.54) is 24.3 Å². The molecule has 0 radical (unpaired) electrons. The molecule has 0 aliphatic carbocycles. The maximum atomic E-state index is 17.0. The number of aromatic hydroxyl groups is 1. The molecule has 4 aromatic rings. The number of phenolic OH excluding ortho intramolecular Hbond substituents is 1. The van der Waals surface area contributed by atoms with E-state index >= 15 is 13.2 Å². The molecule has 3 aromatic carbocycles. The number of anilines is 1. The molecule has 8 rings (SSSR count). The van der Waals surface area contributed by atoms with Crippen molar-refractivity contribution < 1.29 is 36.9 Å². The van der Waals surface area contributed by atoms with Gasteiger partial charge in [-0.2, -0.15) is 9.97 Å². The summed E-state index contributed by atoms with van der Waals surface area (Å²) >= 11 is 0. The lowest BCUT2D eigenvalue weighted by Crippen LogP contribution is -2.48. The van der Waals surface area contributed by atoms with Crippen molar-refractivity contribution in [2.45, 2.75) is 75.6 Å². The average Bonchev–Trinajstić information content (AvgIpc) is 3.71. The number of hydrogen-bond donors (Lipinski definition) is 1. The summed E-state index contributed by atoms with van der Waals surface area (Å²) in [4.78, 5) is 25.3. The Labute approximate surface area is 274 Å². The fraction of sp³-hybridized carbons (Fsp3) is 0.472. The maximum Gasteiger partial charge on any atom is 0.319 e. The van der Waals surface area contributed by atoms with Crippen LogP contribution in [0.5, 0.6) is 11.8 Å². The minimum Gasteiger partial charge on any atom is -0.508 e. The second kappa shape index (κ2) is 11.5. The van der Waals surface area contributed by atoms with Crippen molar-refractivity contribution in [2.75, 3.05) is 37.7 Å². The number of hydrogen-bond acceptors (Lipinski definition) is 8. The molecule has 4 saturated heterocycles. The fourth-order valence-electron chi connectivity index (χ4n) is 8.64. The molecule has 12 heteroatoms. The highest BCUT2D eigenvalue weighted by Crippen LogP contribution is 2.44. The van der Waals surface area contributed by atoms with Crippen molar-refractivity contribution in [1.29, 1.82) is 0 Å². The molecule has 5 heterocycles. The lowest BCUT2D eigenvalue weighted by atomic mass is 9.89. The summed E-state index contributed by atoms with van der Waals surface area (Å²) in [5, 5.41) is 11.4. The number of alkyl halides is 1. The molecule has 1 unspecified atom stereocenters. The van der Waals surface area contributed by atoms with Gasteiger partial charge in [-0.15, -0.1) is 0 Å². The molecule has 3 atom stereocenters. The number of halogens is 4. The van der Waals surface area contributed by atoms with Gasteiger partial charge in [-0.25, -0.2) is 17.6 Å². The van der Waals surface area contributed by atoms with Crippen molar-refractivity contribution in [1.82, 2.24) is 14.9 Å². The smallest absolute Gasteiger partial charge is 0.319 e. The first-order valence-electron chi connectivity index (χ1n) is 16.7. The van der Waals surface area contributed by atoms with Gasteiger partial charge in [0, 0.05) is 31.3 Å². The summed E-state index contributed by atoms with van der Waals surface area (Å²) in [6.45, 7) is 3.72. The predicted molar refractivity (Wildman–Crippen MR) is 171 cm³/mol. The number of fused-ring (bicyclic) bond motifs is 3. The van der Waals surface area contributed by atoms with Gasteiger partial charge in [-0.3, -0.25) is 9.69 Å². The molecule has 252 valence electrons. The lowest BCUT2D eigenvalue weighted by molar-refractivity contribution is -0.148. The van der Waals surface area contributed by atoms with Crippen LogP contribution in [0.3, 0.4) is 0 Å². The Bertz CT molecular complexity index is 1980. The number of carbonyl (C=O) groups is 1. The van der Waals surface area contributed by atoms with Crippen LogP contribution in [-0.4, -0.2) is 76.0 Å². The molecule has 4 fully saturated rings. The first-order valence-corrected chi connectivity index (χ1v) is 16.7. The van der Waals surface area contributed by atoms with E-state index in [-0.39, 0.29) is 65.1 Å². The minimum atomic E-state index is -1.01. The van der Waals surface area contributed by atoms with Gasteiger partial charge in [0.15, 0.2) is 5.82 Å². The SMILES string of the molecule is CCc1c(F)ccc2cc(O)cc(-c3c(F)cc4c(N5CCCC6(CCC(=O)O6)C5)nc(OC[C@@]56CCCN5C[C@H](F)C6)nc4c3F)c12. The van der Waals surface area contributed by atoms with Gasteiger partial charge in [0.25, 0.3) is 0 Å². The summed E-state index contributed by atoms with van der Waals surface area (Å²) in [5.41, 5.74) is -1.65. The fourth-order valence-corrected chi connectivity index (χ4v) is 8.64. The quantitative estimate of drug-likeness (QED) is 0.179. The highest BCUT2D eigenvalue weighted by molar-refractivity contribution is 6.03. The number of piperidine rings is 1. The largest absolute Gasteiger partial charge is 0.508 e. The Morgan fingerprint density at radius 2 is 1.90 bits per heavy atom. The molecular formula is C36H36F4N4O4. The van der Waals surface area contributed by atoms with Crippen LogP contribution < -0.4 is 9.64 Å². The molecule has 48 heavy (non-hydrogen) atoms. The summed E-state index contributed by atoms with van der Waals surface area (Å²) in [7, 11) is 0. The van der Waals surface area contributed by atoms with Crippen molar-refractivity contribution in [2.24, 2.45) is 0 Å². The van der Waals surface area contributed by atoms with Crippen LogP contribution in [0, 0.1) is 17.5 Å². The Hall–Kier alpha value is -4.19. The zero-order valence-electron chi connectivity index (χ0n) is 26.6. The second-order valence-corrected chi connectivity index (χ2v) is 13.8. The van der Waals surface area contributed by atoms with Gasteiger partial charge in [0.1, 0.15) is 47.1 Å². The molecule has 4 aliphatic rings. The zero-order chi connectivity index (χ0) is 33.4. The normalized spacial score (nSPS) is 25.8. The standard InChI is InChI=1S/C36H36F4N4O4/c1-2-23-26(38)6-5-20-13-22(45)14-24(29(20)23)30-27(39)15-25-32(31(30)40)41-34(47-19-35-8-3-12-44(35)17-21(37)16-35)42-33(25)43-11-4-9-36(18-43)10-7-28(46)48-36/h5-6,13-15,21,45H,2-4,7-12,16-19H2,1H3/t21-,35+,36?/m1/s1. The molecule has 1 spiro atoms. The second-order valence-electron chi connectivity index (χ2n) is 13.8. The highest BCUT2D eigenvalue weighted by atomic mass is 19.1. The van der Waals surface area contributed by atoms with Crippen molar-refractivity contribution >= 4 is 33.5 Å². The van der Waals surface area contributed by atoms with E-state index in [1.807, 2.05) is 4.90 Å². The number of phenols is 1. The number of ether oxygens (including phenoxy) is 2. The van der Waals surface area contributed by atoms with Gasteiger partial charge in [-0.1, -0.05) is 13.0 Å².